The van der Waals surface area contributed by atoms with Gasteiger partial charge >= 0.3 is 0 Å². The number of hydrazine groups is 1. The lowest BCUT2D eigenvalue weighted by Crippen LogP contribution is -2.10. The van der Waals surface area contributed by atoms with E-state index in [1.165, 1.54) is 18.3 Å². The molecule has 1 aromatic carbocycles. The summed E-state index contributed by atoms with van der Waals surface area (Å²) in [7, 11) is 0. The van der Waals surface area contributed by atoms with Gasteiger partial charge in [0.2, 0.25) is 0 Å². The average molecular weight is 236 g/mol. The van der Waals surface area contributed by atoms with Gasteiger partial charge in [0.05, 0.1) is 0 Å². The third kappa shape index (κ3) is 2.73. The smallest absolute Gasteiger partial charge is 0.143 e. The molecule has 0 aliphatic rings. The zero-order valence-corrected chi connectivity index (χ0v) is 8.82. The maximum Gasteiger partial charge on any atom is 0.143 e. The Labute approximate surface area is 96.5 Å². The van der Waals surface area contributed by atoms with Crippen LogP contribution in [0.5, 0.6) is 0 Å². The van der Waals surface area contributed by atoms with Gasteiger partial charge in [0.15, 0.2) is 0 Å². The summed E-state index contributed by atoms with van der Waals surface area (Å²) in [5.74, 6) is 4.83. The molecule has 1 aromatic heterocycles. The summed E-state index contributed by atoms with van der Waals surface area (Å²) in [6.07, 6.45) is 1.70. The molecule has 0 atom stereocenters. The zero-order valence-electron chi connectivity index (χ0n) is 8.82. The summed E-state index contributed by atoms with van der Waals surface area (Å²) < 4.78 is 26.1. The molecule has 0 saturated carbocycles. The van der Waals surface area contributed by atoms with Gasteiger partial charge < -0.3 is 5.43 Å². The first-order valence-corrected chi connectivity index (χ1v) is 4.91. The molecular weight excluding hydrogens is 226 g/mol. The van der Waals surface area contributed by atoms with Crippen LogP contribution in [-0.4, -0.2) is 9.97 Å². The predicted octanol–water partition coefficient (Wildman–Crippen LogP) is 1.63. The molecule has 4 nitrogen and oxygen atoms in total. The van der Waals surface area contributed by atoms with Crippen molar-refractivity contribution in [2.75, 3.05) is 5.43 Å². The van der Waals surface area contributed by atoms with E-state index in [-0.39, 0.29) is 6.42 Å². The first kappa shape index (κ1) is 11.4. The van der Waals surface area contributed by atoms with Crippen LogP contribution in [0.4, 0.5) is 14.6 Å². The molecule has 88 valence electrons. The molecule has 0 spiro atoms. The normalized spacial score (nSPS) is 10.3. The number of rotatable bonds is 3. The van der Waals surface area contributed by atoms with Gasteiger partial charge in [-0.25, -0.2) is 24.6 Å². The SMILES string of the molecule is NNc1ccnc(Cc2ccc(F)cc2F)n1. The van der Waals surface area contributed by atoms with E-state index < -0.39 is 11.6 Å². The molecule has 0 aliphatic heterocycles. The van der Waals surface area contributed by atoms with Crippen LogP contribution in [0.1, 0.15) is 11.4 Å². The van der Waals surface area contributed by atoms with E-state index in [1.54, 1.807) is 6.07 Å². The number of benzene rings is 1. The Morgan fingerprint density at radius 3 is 2.76 bits per heavy atom. The third-order valence-corrected chi connectivity index (χ3v) is 2.22. The second-order valence-electron chi connectivity index (χ2n) is 3.41. The second-order valence-corrected chi connectivity index (χ2v) is 3.41. The average Bonchev–Trinajstić information content (AvgIpc) is 2.33. The molecule has 0 amide bonds. The lowest BCUT2D eigenvalue weighted by molar-refractivity contribution is 0.573. The van der Waals surface area contributed by atoms with Gasteiger partial charge in [-0.2, -0.15) is 0 Å². The summed E-state index contributed by atoms with van der Waals surface area (Å²) in [5, 5.41) is 0. The highest BCUT2D eigenvalue weighted by molar-refractivity contribution is 5.32. The summed E-state index contributed by atoms with van der Waals surface area (Å²) in [5.41, 5.74) is 2.71. The minimum absolute atomic E-state index is 0.182. The summed E-state index contributed by atoms with van der Waals surface area (Å²) >= 11 is 0. The molecule has 17 heavy (non-hydrogen) atoms. The Morgan fingerprint density at radius 2 is 2.06 bits per heavy atom. The van der Waals surface area contributed by atoms with E-state index in [2.05, 4.69) is 15.4 Å². The Bertz CT molecular complexity index is 531. The van der Waals surface area contributed by atoms with Crippen LogP contribution >= 0.6 is 0 Å². The number of nitrogen functional groups attached to an aromatic ring is 1. The Balaban J connectivity index is 2.25. The highest BCUT2D eigenvalue weighted by Gasteiger charge is 2.07. The standard InChI is InChI=1S/C11H10F2N4/c12-8-2-1-7(9(13)6-8)5-11-15-4-3-10(16-11)17-14/h1-4,6H,5,14H2,(H,15,16,17). The zero-order chi connectivity index (χ0) is 12.3. The van der Waals surface area contributed by atoms with Gasteiger partial charge in [-0.15, -0.1) is 0 Å². The van der Waals surface area contributed by atoms with E-state index in [1.807, 2.05) is 0 Å². The van der Waals surface area contributed by atoms with Gasteiger partial charge in [0.1, 0.15) is 23.3 Å². The maximum atomic E-state index is 13.4. The van der Waals surface area contributed by atoms with Crippen molar-refractivity contribution in [1.29, 1.82) is 0 Å². The van der Waals surface area contributed by atoms with Gasteiger partial charge in [-0.1, -0.05) is 6.07 Å². The minimum atomic E-state index is -0.611. The Morgan fingerprint density at radius 1 is 1.24 bits per heavy atom. The topological polar surface area (TPSA) is 63.8 Å². The Hall–Kier alpha value is -2.08. The van der Waals surface area contributed by atoms with Crippen molar-refractivity contribution in [1.82, 2.24) is 9.97 Å². The largest absolute Gasteiger partial charge is 0.308 e. The lowest BCUT2D eigenvalue weighted by Gasteiger charge is -2.04. The first-order valence-electron chi connectivity index (χ1n) is 4.91. The molecule has 0 unspecified atom stereocenters. The van der Waals surface area contributed by atoms with E-state index in [4.69, 9.17) is 5.84 Å². The van der Waals surface area contributed by atoms with Crippen molar-refractivity contribution in [3.63, 3.8) is 0 Å². The fraction of sp³-hybridized carbons (Fsp3) is 0.0909. The van der Waals surface area contributed by atoms with Crippen LogP contribution in [0, 0.1) is 11.6 Å². The highest BCUT2D eigenvalue weighted by Crippen LogP contribution is 2.13. The fourth-order valence-electron chi connectivity index (χ4n) is 1.40. The third-order valence-electron chi connectivity index (χ3n) is 2.22. The number of halogens is 2. The van der Waals surface area contributed by atoms with Crippen molar-refractivity contribution in [3.05, 3.63) is 53.5 Å². The van der Waals surface area contributed by atoms with E-state index in [0.29, 0.717) is 17.2 Å². The molecule has 6 heteroatoms. The van der Waals surface area contributed by atoms with Crippen LogP contribution in [-0.2, 0) is 6.42 Å². The van der Waals surface area contributed by atoms with Gasteiger partial charge in [0.25, 0.3) is 0 Å². The molecule has 0 aliphatic carbocycles. The molecule has 0 bridgehead atoms. The molecule has 0 saturated heterocycles. The monoisotopic (exact) mass is 236 g/mol. The number of anilines is 1. The molecule has 0 radical (unpaired) electrons. The number of nitrogens with zero attached hydrogens (tertiary/aromatic N) is 2. The van der Waals surface area contributed by atoms with Crippen LogP contribution < -0.4 is 11.3 Å². The molecule has 3 N–H and O–H groups in total. The van der Waals surface area contributed by atoms with Gasteiger partial charge in [-0.05, 0) is 11.6 Å². The van der Waals surface area contributed by atoms with E-state index >= 15 is 0 Å². The van der Waals surface area contributed by atoms with Crippen molar-refractivity contribution < 1.29 is 8.78 Å². The number of nitrogens with one attached hydrogen (secondary N) is 1. The van der Waals surface area contributed by atoms with Crippen LogP contribution in [0.15, 0.2) is 30.5 Å². The van der Waals surface area contributed by atoms with Crippen LogP contribution in [0.3, 0.4) is 0 Å². The fourth-order valence-corrected chi connectivity index (χ4v) is 1.40. The highest BCUT2D eigenvalue weighted by atomic mass is 19.1. The summed E-state index contributed by atoms with van der Waals surface area (Å²) in [6.45, 7) is 0. The molecule has 1 heterocycles. The van der Waals surface area contributed by atoms with E-state index in [0.717, 1.165) is 6.07 Å². The minimum Gasteiger partial charge on any atom is -0.308 e. The number of hydrogen-bond donors (Lipinski definition) is 2. The van der Waals surface area contributed by atoms with Crippen molar-refractivity contribution in [2.24, 2.45) is 5.84 Å². The lowest BCUT2D eigenvalue weighted by atomic mass is 10.1. The first-order chi connectivity index (χ1) is 8.19. The summed E-state index contributed by atoms with van der Waals surface area (Å²) in [4.78, 5) is 8.02. The predicted molar refractivity (Wildman–Crippen MR) is 59.0 cm³/mol. The number of aromatic nitrogens is 2. The maximum absolute atomic E-state index is 13.4. The van der Waals surface area contributed by atoms with E-state index in [9.17, 15) is 8.78 Å². The molecule has 2 rings (SSSR count). The number of hydrogen-bond acceptors (Lipinski definition) is 4. The quantitative estimate of drug-likeness (QED) is 0.628. The van der Waals surface area contributed by atoms with Gasteiger partial charge in [0, 0.05) is 24.8 Å². The Kier molecular flexibility index (Phi) is 3.24. The molecular formula is C11H10F2N4. The van der Waals surface area contributed by atoms with Crippen molar-refractivity contribution in [3.8, 4) is 0 Å². The van der Waals surface area contributed by atoms with Crippen molar-refractivity contribution >= 4 is 5.82 Å². The summed E-state index contributed by atoms with van der Waals surface area (Å²) in [6, 6.07) is 4.99. The second kappa shape index (κ2) is 4.84. The molecule has 0 fully saturated rings. The van der Waals surface area contributed by atoms with Crippen molar-refractivity contribution in [2.45, 2.75) is 6.42 Å². The molecule has 2 aromatic rings. The van der Waals surface area contributed by atoms with Gasteiger partial charge in [-0.3, -0.25) is 0 Å². The van der Waals surface area contributed by atoms with Crippen LogP contribution in [0.25, 0.3) is 0 Å². The number of nitrogens with two attached hydrogens (primary N) is 1. The van der Waals surface area contributed by atoms with Crippen LogP contribution in [0.2, 0.25) is 0 Å².